The molecule has 0 aromatic heterocycles. The SMILES string of the molecule is C=CCOCC(O)COC(C)COC(C(O)OC)C(CC)OCC(C)O. The Bertz CT molecular complexity index is 339. The van der Waals surface area contributed by atoms with Crippen LogP contribution in [0, 0.1) is 0 Å². The van der Waals surface area contributed by atoms with Gasteiger partial charge in [-0.25, -0.2) is 0 Å². The van der Waals surface area contributed by atoms with Gasteiger partial charge in [0.1, 0.15) is 12.2 Å². The summed E-state index contributed by atoms with van der Waals surface area (Å²) in [5.74, 6) is 0. The van der Waals surface area contributed by atoms with Crippen molar-refractivity contribution in [3.8, 4) is 0 Å². The molecule has 8 heteroatoms. The second-order valence-electron chi connectivity index (χ2n) is 6.18. The van der Waals surface area contributed by atoms with Crippen molar-refractivity contribution in [1.82, 2.24) is 0 Å². The van der Waals surface area contributed by atoms with Crippen LogP contribution in [-0.2, 0) is 23.7 Å². The summed E-state index contributed by atoms with van der Waals surface area (Å²) in [6.45, 7) is 9.80. The predicted molar refractivity (Wildman–Crippen MR) is 96.9 cm³/mol. The zero-order chi connectivity index (χ0) is 19.9. The highest BCUT2D eigenvalue weighted by atomic mass is 16.6. The maximum atomic E-state index is 10.0. The first-order valence-electron chi connectivity index (χ1n) is 8.96. The number of hydrogen-bond acceptors (Lipinski definition) is 8. The lowest BCUT2D eigenvalue weighted by Gasteiger charge is -2.31. The molecule has 0 fully saturated rings. The molecule has 6 atom stereocenters. The van der Waals surface area contributed by atoms with Gasteiger partial charge in [0.05, 0.1) is 51.3 Å². The minimum absolute atomic E-state index is 0.106. The van der Waals surface area contributed by atoms with Crippen LogP contribution in [-0.4, -0.2) is 92.3 Å². The topological polar surface area (TPSA) is 107 Å². The molecule has 6 unspecified atom stereocenters. The molecule has 3 N–H and O–H groups in total. The quantitative estimate of drug-likeness (QED) is 0.190. The molecule has 0 heterocycles. The van der Waals surface area contributed by atoms with Crippen molar-refractivity contribution in [2.45, 2.75) is 64.0 Å². The number of aliphatic hydroxyl groups is 3. The van der Waals surface area contributed by atoms with Crippen LogP contribution >= 0.6 is 0 Å². The summed E-state index contributed by atoms with van der Waals surface area (Å²) in [4.78, 5) is 0. The van der Waals surface area contributed by atoms with Gasteiger partial charge in [0.15, 0.2) is 6.29 Å². The molecule has 0 saturated carbocycles. The Labute approximate surface area is 156 Å². The van der Waals surface area contributed by atoms with E-state index < -0.39 is 30.7 Å². The third-order valence-corrected chi connectivity index (χ3v) is 3.49. The third kappa shape index (κ3) is 11.9. The molecule has 26 heavy (non-hydrogen) atoms. The molecule has 0 amide bonds. The summed E-state index contributed by atoms with van der Waals surface area (Å²) in [6, 6.07) is 0. The van der Waals surface area contributed by atoms with Crippen molar-refractivity contribution in [3.63, 3.8) is 0 Å². The molecule has 0 aliphatic rings. The molecular weight excluding hydrogens is 344 g/mol. The van der Waals surface area contributed by atoms with Gasteiger partial charge < -0.3 is 39.0 Å². The smallest absolute Gasteiger partial charge is 0.183 e. The first-order chi connectivity index (χ1) is 12.3. The standard InChI is InChI=1S/C18H36O8/c1-6-8-23-11-15(20)12-24-14(4)10-26-17(18(21)22-5)16(7-2)25-9-13(3)19/h6,13-21H,1,7-12H2,2-5H3. The molecule has 0 spiro atoms. The summed E-state index contributed by atoms with van der Waals surface area (Å²) in [7, 11) is 1.38. The maximum Gasteiger partial charge on any atom is 0.183 e. The van der Waals surface area contributed by atoms with Gasteiger partial charge in [-0.05, 0) is 20.3 Å². The summed E-state index contributed by atoms with van der Waals surface area (Å²) >= 11 is 0. The zero-order valence-corrected chi connectivity index (χ0v) is 16.4. The van der Waals surface area contributed by atoms with Gasteiger partial charge in [-0.1, -0.05) is 13.0 Å². The highest BCUT2D eigenvalue weighted by molar-refractivity contribution is 4.74. The molecule has 0 aromatic carbocycles. The molecule has 0 aliphatic carbocycles. The van der Waals surface area contributed by atoms with Gasteiger partial charge in [-0.15, -0.1) is 6.58 Å². The van der Waals surface area contributed by atoms with Crippen LogP contribution < -0.4 is 0 Å². The maximum absolute atomic E-state index is 10.0. The van der Waals surface area contributed by atoms with Crippen LogP contribution in [0.1, 0.15) is 27.2 Å². The summed E-state index contributed by atoms with van der Waals surface area (Å²) in [5.41, 5.74) is 0. The van der Waals surface area contributed by atoms with Gasteiger partial charge in [-0.3, -0.25) is 0 Å². The fourth-order valence-electron chi connectivity index (χ4n) is 2.12. The lowest BCUT2D eigenvalue weighted by molar-refractivity contribution is -0.214. The second kappa shape index (κ2) is 15.5. The van der Waals surface area contributed by atoms with E-state index in [2.05, 4.69) is 6.58 Å². The Kier molecular flexibility index (Phi) is 15.1. The third-order valence-electron chi connectivity index (χ3n) is 3.49. The Morgan fingerprint density at radius 2 is 1.65 bits per heavy atom. The minimum atomic E-state index is -1.17. The molecule has 156 valence electrons. The van der Waals surface area contributed by atoms with Gasteiger partial charge in [-0.2, -0.15) is 0 Å². The molecule has 0 saturated heterocycles. The van der Waals surface area contributed by atoms with Gasteiger partial charge in [0.25, 0.3) is 0 Å². The predicted octanol–water partition coefficient (Wildman–Crippen LogP) is 0.481. The largest absolute Gasteiger partial charge is 0.391 e. The molecule has 0 bridgehead atoms. The molecular formula is C18H36O8. The normalized spacial score (nSPS) is 18.7. The second-order valence-corrected chi connectivity index (χ2v) is 6.18. The van der Waals surface area contributed by atoms with Gasteiger partial charge >= 0.3 is 0 Å². The first-order valence-corrected chi connectivity index (χ1v) is 8.96. The van der Waals surface area contributed by atoms with E-state index in [-0.39, 0.29) is 32.5 Å². The van der Waals surface area contributed by atoms with Crippen molar-refractivity contribution in [3.05, 3.63) is 12.7 Å². The van der Waals surface area contributed by atoms with Crippen LogP contribution in [0.15, 0.2) is 12.7 Å². The van der Waals surface area contributed by atoms with E-state index in [9.17, 15) is 15.3 Å². The van der Waals surface area contributed by atoms with Crippen LogP contribution in [0.5, 0.6) is 0 Å². The summed E-state index contributed by atoms with van der Waals surface area (Å²) in [5, 5.41) is 29.2. The van der Waals surface area contributed by atoms with Crippen molar-refractivity contribution >= 4 is 0 Å². The number of ether oxygens (including phenoxy) is 5. The Morgan fingerprint density at radius 3 is 2.19 bits per heavy atom. The van der Waals surface area contributed by atoms with Gasteiger partial charge in [0, 0.05) is 7.11 Å². The average Bonchev–Trinajstić information content (AvgIpc) is 2.62. The van der Waals surface area contributed by atoms with E-state index in [0.717, 1.165) is 0 Å². The van der Waals surface area contributed by atoms with E-state index in [1.54, 1.807) is 19.9 Å². The van der Waals surface area contributed by atoms with E-state index in [0.29, 0.717) is 13.0 Å². The monoisotopic (exact) mass is 380 g/mol. The zero-order valence-electron chi connectivity index (χ0n) is 16.4. The van der Waals surface area contributed by atoms with Crippen LogP contribution in [0.2, 0.25) is 0 Å². The molecule has 0 aromatic rings. The molecule has 8 nitrogen and oxygen atoms in total. The number of hydrogen-bond donors (Lipinski definition) is 3. The Hall–Kier alpha value is -0.580. The van der Waals surface area contributed by atoms with Gasteiger partial charge in [0.2, 0.25) is 0 Å². The fraction of sp³-hybridized carbons (Fsp3) is 0.889. The Balaban J connectivity index is 4.38. The van der Waals surface area contributed by atoms with Crippen molar-refractivity contribution in [2.75, 3.05) is 40.1 Å². The highest BCUT2D eigenvalue weighted by Gasteiger charge is 2.30. The summed E-state index contributed by atoms with van der Waals surface area (Å²) < 4.78 is 27.0. The van der Waals surface area contributed by atoms with E-state index in [1.165, 1.54) is 7.11 Å². The average molecular weight is 380 g/mol. The number of methoxy groups -OCH3 is 1. The van der Waals surface area contributed by atoms with E-state index >= 15 is 0 Å². The van der Waals surface area contributed by atoms with Crippen molar-refractivity contribution in [2.24, 2.45) is 0 Å². The number of rotatable bonds is 17. The van der Waals surface area contributed by atoms with Crippen LogP contribution in [0.3, 0.4) is 0 Å². The van der Waals surface area contributed by atoms with Crippen LogP contribution in [0.25, 0.3) is 0 Å². The van der Waals surface area contributed by atoms with E-state index in [1.807, 2.05) is 6.92 Å². The fourth-order valence-corrected chi connectivity index (χ4v) is 2.12. The molecule has 0 aliphatic heterocycles. The highest BCUT2D eigenvalue weighted by Crippen LogP contribution is 2.15. The number of aliphatic hydroxyl groups excluding tert-OH is 3. The Morgan fingerprint density at radius 1 is 0.962 bits per heavy atom. The van der Waals surface area contributed by atoms with Crippen molar-refractivity contribution < 1.29 is 39.0 Å². The summed E-state index contributed by atoms with van der Waals surface area (Å²) in [6.07, 6.45) is -1.82. The lowest BCUT2D eigenvalue weighted by Crippen LogP contribution is -2.44. The van der Waals surface area contributed by atoms with E-state index in [4.69, 9.17) is 23.7 Å². The minimum Gasteiger partial charge on any atom is -0.391 e. The lowest BCUT2D eigenvalue weighted by atomic mass is 10.1. The van der Waals surface area contributed by atoms with Crippen molar-refractivity contribution in [1.29, 1.82) is 0 Å². The van der Waals surface area contributed by atoms with Crippen LogP contribution in [0.4, 0.5) is 0 Å². The molecule has 0 rings (SSSR count). The molecule has 0 radical (unpaired) electrons. The first kappa shape index (κ1) is 25.4.